The van der Waals surface area contributed by atoms with Crippen LogP contribution in [0.4, 0.5) is 0 Å². The molecule has 162 valence electrons. The molecule has 7 nitrogen and oxygen atoms in total. The third-order valence-corrected chi connectivity index (χ3v) is 6.03. The standard InChI is InChI=1S/C23H28N6OS/c1-2-14-28-21(18-8-12-24-13-9-18)26-29(23(28)31)17-27-15-10-20(11-16-27)25-22(30)19-6-4-3-5-7-19/h3-9,12-13,20H,2,10-11,14-17H2,1H3,(H,25,30). The molecule has 0 unspecified atom stereocenters. The van der Waals surface area contributed by atoms with Crippen molar-refractivity contribution >= 4 is 18.1 Å². The second-order valence-electron chi connectivity index (χ2n) is 7.87. The number of benzene rings is 1. The Morgan fingerprint density at radius 2 is 1.84 bits per heavy atom. The number of likely N-dealkylation sites (tertiary alicyclic amines) is 1. The number of nitrogens with one attached hydrogen (secondary N) is 1. The van der Waals surface area contributed by atoms with Crippen molar-refractivity contribution in [3.05, 3.63) is 65.2 Å². The summed E-state index contributed by atoms with van der Waals surface area (Å²) in [5.41, 5.74) is 1.73. The number of rotatable bonds is 7. The predicted molar refractivity (Wildman–Crippen MR) is 123 cm³/mol. The van der Waals surface area contributed by atoms with Gasteiger partial charge in [0.05, 0.1) is 6.67 Å². The van der Waals surface area contributed by atoms with Gasteiger partial charge in [-0.15, -0.1) is 0 Å². The van der Waals surface area contributed by atoms with Crippen LogP contribution >= 0.6 is 12.2 Å². The predicted octanol–water partition coefficient (Wildman–Crippen LogP) is 3.74. The summed E-state index contributed by atoms with van der Waals surface area (Å²) in [5.74, 6) is 0.890. The lowest BCUT2D eigenvalue weighted by Gasteiger charge is -2.32. The van der Waals surface area contributed by atoms with E-state index in [9.17, 15) is 4.79 Å². The molecule has 3 heterocycles. The van der Waals surface area contributed by atoms with Gasteiger partial charge in [0.2, 0.25) is 0 Å². The summed E-state index contributed by atoms with van der Waals surface area (Å²) < 4.78 is 4.77. The van der Waals surface area contributed by atoms with E-state index < -0.39 is 0 Å². The zero-order valence-corrected chi connectivity index (χ0v) is 18.6. The summed E-state index contributed by atoms with van der Waals surface area (Å²) >= 11 is 5.75. The molecule has 0 radical (unpaired) electrons. The fourth-order valence-corrected chi connectivity index (χ4v) is 4.22. The van der Waals surface area contributed by atoms with E-state index in [1.54, 1.807) is 12.4 Å². The third kappa shape index (κ3) is 5.08. The fraction of sp³-hybridized carbons (Fsp3) is 0.391. The first-order valence-corrected chi connectivity index (χ1v) is 11.2. The summed E-state index contributed by atoms with van der Waals surface area (Å²) in [5, 5.41) is 8.00. The van der Waals surface area contributed by atoms with Crippen LogP contribution in [0.15, 0.2) is 54.9 Å². The van der Waals surface area contributed by atoms with Gasteiger partial charge in [-0.05, 0) is 55.7 Å². The Morgan fingerprint density at radius 1 is 1.13 bits per heavy atom. The molecule has 0 aliphatic carbocycles. The number of pyridine rings is 1. The van der Waals surface area contributed by atoms with Crippen LogP contribution in [-0.4, -0.2) is 49.3 Å². The Morgan fingerprint density at radius 3 is 2.52 bits per heavy atom. The van der Waals surface area contributed by atoms with Crippen LogP contribution in [0.25, 0.3) is 11.4 Å². The molecule has 0 bridgehead atoms. The first kappa shape index (κ1) is 21.4. The van der Waals surface area contributed by atoms with E-state index in [4.69, 9.17) is 17.3 Å². The Labute approximate surface area is 187 Å². The van der Waals surface area contributed by atoms with E-state index in [0.29, 0.717) is 12.2 Å². The molecule has 1 aliphatic rings. The van der Waals surface area contributed by atoms with Crippen molar-refractivity contribution in [3.63, 3.8) is 0 Å². The van der Waals surface area contributed by atoms with Gasteiger partial charge in [0, 0.05) is 49.2 Å². The van der Waals surface area contributed by atoms with Gasteiger partial charge in [0.1, 0.15) is 0 Å². The van der Waals surface area contributed by atoms with Crippen molar-refractivity contribution in [1.82, 2.24) is 29.5 Å². The van der Waals surface area contributed by atoms with Crippen LogP contribution in [0.3, 0.4) is 0 Å². The minimum atomic E-state index is 0.00145. The van der Waals surface area contributed by atoms with Crippen LogP contribution < -0.4 is 5.32 Å². The fourth-order valence-electron chi connectivity index (χ4n) is 3.94. The van der Waals surface area contributed by atoms with Gasteiger partial charge >= 0.3 is 0 Å². The molecule has 3 aromatic rings. The summed E-state index contributed by atoms with van der Waals surface area (Å²) in [6.45, 7) is 5.43. The van der Waals surface area contributed by atoms with E-state index in [-0.39, 0.29) is 11.9 Å². The van der Waals surface area contributed by atoms with E-state index in [2.05, 4.69) is 26.7 Å². The van der Waals surface area contributed by atoms with Gasteiger partial charge in [-0.2, -0.15) is 5.10 Å². The molecule has 1 aromatic carbocycles. The normalized spacial score (nSPS) is 15.1. The molecule has 1 N–H and O–H groups in total. The van der Waals surface area contributed by atoms with Crippen LogP contribution in [-0.2, 0) is 13.2 Å². The molecule has 31 heavy (non-hydrogen) atoms. The molecule has 1 fully saturated rings. The maximum Gasteiger partial charge on any atom is 0.251 e. The van der Waals surface area contributed by atoms with Crippen molar-refractivity contribution in [2.45, 2.75) is 45.4 Å². The highest BCUT2D eigenvalue weighted by atomic mass is 32.1. The highest BCUT2D eigenvalue weighted by Gasteiger charge is 2.22. The van der Waals surface area contributed by atoms with Crippen molar-refractivity contribution < 1.29 is 4.79 Å². The van der Waals surface area contributed by atoms with E-state index in [1.807, 2.05) is 47.1 Å². The molecule has 8 heteroatoms. The topological polar surface area (TPSA) is 68.0 Å². The summed E-state index contributed by atoms with van der Waals surface area (Å²) in [7, 11) is 0. The monoisotopic (exact) mass is 436 g/mol. The van der Waals surface area contributed by atoms with Crippen LogP contribution in [0, 0.1) is 4.77 Å². The average molecular weight is 437 g/mol. The van der Waals surface area contributed by atoms with E-state index in [0.717, 1.165) is 55.1 Å². The summed E-state index contributed by atoms with van der Waals surface area (Å²) in [6, 6.07) is 13.5. The maximum atomic E-state index is 12.4. The van der Waals surface area contributed by atoms with Gasteiger partial charge in [0.15, 0.2) is 10.6 Å². The number of carbonyl (C=O) groups is 1. The third-order valence-electron chi connectivity index (χ3n) is 5.60. The minimum absolute atomic E-state index is 0.00145. The number of aromatic nitrogens is 4. The Balaban J connectivity index is 1.39. The quantitative estimate of drug-likeness (QED) is 0.572. The molecule has 0 saturated carbocycles. The van der Waals surface area contributed by atoms with Gasteiger partial charge in [0.25, 0.3) is 5.91 Å². The first-order chi connectivity index (χ1) is 15.2. The zero-order valence-electron chi connectivity index (χ0n) is 17.8. The number of piperidine rings is 1. The lowest BCUT2D eigenvalue weighted by Crippen LogP contribution is -2.45. The highest BCUT2D eigenvalue weighted by Crippen LogP contribution is 2.19. The van der Waals surface area contributed by atoms with Crippen LogP contribution in [0.2, 0.25) is 0 Å². The SMILES string of the molecule is CCCn1c(-c2ccncc2)nn(CN2CCC(NC(=O)c3ccccc3)CC2)c1=S. The van der Waals surface area contributed by atoms with Crippen molar-refractivity contribution in [2.75, 3.05) is 13.1 Å². The van der Waals surface area contributed by atoms with Crippen molar-refractivity contribution in [2.24, 2.45) is 0 Å². The molecular formula is C23H28N6OS. The number of amides is 1. The first-order valence-electron chi connectivity index (χ1n) is 10.8. The lowest BCUT2D eigenvalue weighted by atomic mass is 10.0. The maximum absolute atomic E-state index is 12.4. The molecule has 1 saturated heterocycles. The molecule has 0 atom stereocenters. The molecule has 4 rings (SSSR count). The summed E-state index contributed by atoms with van der Waals surface area (Å²) in [4.78, 5) is 18.9. The highest BCUT2D eigenvalue weighted by molar-refractivity contribution is 7.71. The number of carbonyl (C=O) groups excluding carboxylic acids is 1. The zero-order chi connectivity index (χ0) is 21.6. The molecule has 2 aromatic heterocycles. The lowest BCUT2D eigenvalue weighted by molar-refractivity contribution is 0.0896. The molecule has 1 amide bonds. The van der Waals surface area contributed by atoms with Crippen molar-refractivity contribution in [1.29, 1.82) is 0 Å². The second kappa shape index (κ2) is 9.98. The Kier molecular flexibility index (Phi) is 6.89. The Hall–Kier alpha value is -2.84. The van der Waals surface area contributed by atoms with Crippen molar-refractivity contribution in [3.8, 4) is 11.4 Å². The minimum Gasteiger partial charge on any atom is -0.349 e. The molecule has 0 spiro atoms. The van der Waals surface area contributed by atoms with Gasteiger partial charge in [-0.1, -0.05) is 25.1 Å². The summed E-state index contributed by atoms with van der Waals surface area (Å²) in [6.07, 6.45) is 6.38. The smallest absolute Gasteiger partial charge is 0.251 e. The molecule has 1 aliphatic heterocycles. The van der Waals surface area contributed by atoms with Gasteiger partial charge in [-0.25, -0.2) is 4.68 Å². The van der Waals surface area contributed by atoms with E-state index in [1.165, 1.54) is 0 Å². The Bertz CT molecular complexity index is 1050. The molecular weight excluding hydrogens is 408 g/mol. The largest absolute Gasteiger partial charge is 0.349 e. The van der Waals surface area contributed by atoms with E-state index >= 15 is 0 Å². The van der Waals surface area contributed by atoms with Gasteiger partial charge < -0.3 is 5.32 Å². The second-order valence-corrected chi connectivity index (χ2v) is 8.23. The van der Waals surface area contributed by atoms with Gasteiger partial charge in [-0.3, -0.25) is 19.2 Å². The number of hydrogen-bond acceptors (Lipinski definition) is 5. The average Bonchev–Trinajstić information content (AvgIpc) is 3.12. The van der Waals surface area contributed by atoms with Crippen LogP contribution in [0.5, 0.6) is 0 Å². The van der Waals surface area contributed by atoms with Crippen LogP contribution in [0.1, 0.15) is 36.5 Å². The number of nitrogens with zero attached hydrogens (tertiary/aromatic N) is 5. The number of hydrogen-bond donors (Lipinski definition) is 1.